The molecule has 0 aromatic carbocycles. The van der Waals surface area contributed by atoms with E-state index in [1.54, 1.807) is 0 Å². The fourth-order valence-electron chi connectivity index (χ4n) is 4.53. The van der Waals surface area contributed by atoms with Crippen molar-refractivity contribution in [1.82, 2.24) is 0 Å². The summed E-state index contributed by atoms with van der Waals surface area (Å²) in [6, 6.07) is 0. The molecule has 0 aliphatic heterocycles. The molecule has 0 saturated heterocycles. The maximum absolute atomic E-state index is 11.4. The van der Waals surface area contributed by atoms with Crippen molar-refractivity contribution in [2.45, 2.75) is 117 Å². The Bertz CT molecular complexity index is 511. The first-order chi connectivity index (χ1) is 16.4. The van der Waals surface area contributed by atoms with Crippen molar-refractivity contribution in [1.29, 1.82) is 0 Å². The number of nitrogens with zero attached hydrogens (tertiary/aromatic N) is 1. The van der Waals surface area contributed by atoms with E-state index in [2.05, 4.69) is 20.8 Å². The molecule has 0 atom stereocenters. The van der Waals surface area contributed by atoms with Gasteiger partial charge >= 0.3 is 0 Å². The topological polar surface area (TPSA) is 72.8 Å². The number of hydrogen-bond donors (Lipinski definition) is 1. The number of ether oxygens (including phenoxy) is 2. The minimum absolute atomic E-state index is 0.147. The average Bonchev–Trinajstić information content (AvgIpc) is 2.79. The van der Waals surface area contributed by atoms with E-state index < -0.39 is 10.1 Å². The zero-order valence-electron chi connectivity index (χ0n) is 22.9. The van der Waals surface area contributed by atoms with E-state index in [-0.39, 0.29) is 5.75 Å². The van der Waals surface area contributed by atoms with Crippen LogP contribution in [0.4, 0.5) is 0 Å². The van der Waals surface area contributed by atoms with E-state index in [9.17, 15) is 13.0 Å². The predicted molar refractivity (Wildman–Crippen MR) is 144 cm³/mol. The summed E-state index contributed by atoms with van der Waals surface area (Å²) in [5, 5.41) is 0. The summed E-state index contributed by atoms with van der Waals surface area (Å²) >= 11 is 0. The molecule has 34 heavy (non-hydrogen) atoms. The van der Waals surface area contributed by atoms with Gasteiger partial charge in [-0.1, -0.05) is 78.6 Å². The number of hydrogen-bond acceptors (Lipinski definition) is 4. The molecule has 0 aromatic rings. The minimum Gasteiger partial charge on any atom is -0.379 e. The van der Waals surface area contributed by atoms with Crippen molar-refractivity contribution in [3.63, 3.8) is 0 Å². The van der Waals surface area contributed by atoms with Gasteiger partial charge in [0.25, 0.3) is 10.1 Å². The van der Waals surface area contributed by atoms with Crippen molar-refractivity contribution in [3.8, 4) is 0 Å². The van der Waals surface area contributed by atoms with Crippen molar-refractivity contribution in [2.24, 2.45) is 0 Å². The van der Waals surface area contributed by atoms with Gasteiger partial charge in [-0.3, -0.25) is 4.55 Å². The SMILES string of the molecule is CCCCCCCC[N+](CCCCCCCC)(CCCS(=O)(=O)O)CCOCCOCCCC. The Morgan fingerprint density at radius 1 is 0.529 bits per heavy atom. The van der Waals surface area contributed by atoms with E-state index >= 15 is 0 Å². The quantitative estimate of drug-likeness (QED) is 0.0765. The van der Waals surface area contributed by atoms with Crippen LogP contribution in [0.2, 0.25) is 0 Å². The highest BCUT2D eigenvalue weighted by molar-refractivity contribution is 7.85. The van der Waals surface area contributed by atoms with Gasteiger partial charge < -0.3 is 14.0 Å². The Labute approximate surface area is 212 Å². The molecular weight excluding hydrogens is 450 g/mol. The van der Waals surface area contributed by atoms with Gasteiger partial charge in [0.1, 0.15) is 6.54 Å². The highest BCUT2D eigenvalue weighted by atomic mass is 32.2. The Balaban J connectivity index is 4.84. The molecule has 0 aliphatic rings. The summed E-state index contributed by atoms with van der Waals surface area (Å²) in [6.07, 6.45) is 17.8. The van der Waals surface area contributed by atoms with Crippen LogP contribution in [-0.2, 0) is 19.6 Å². The van der Waals surface area contributed by atoms with Crippen molar-refractivity contribution < 1.29 is 26.9 Å². The zero-order chi connectivity index (χ0) is 25.4. The summed E-state index contributed by atoms with van der Waals surface area (Å²) in [4.78, 5) is 0. The van der Waals surface area contributed by atoms with E-state index in [4.69, 9.17) is 9.47 Å². The lowest BCUT2D eigenvalue weighted by Gasteiger charge is -2.39. The Hall–Kier alpha value is -0.210. The zero-order valence-corrected chi connectivity index (χ0v) is 23.7. The molecule has 0 aromatic heterocycles. The summed E-state index contributed by atoms with van der Waals surface area (Å²) in [5.41, 5.74) is 0. The maximum atomic E-state index is 11.4. The lowest BCUT2D eigenvalue weighted by Crippen LogP contribution is -2.52. The van der Waals surface area contributed by atoms with Gasteiger partial charge in [0, 0.05) is 13.0 Å². The molecular formula is C27H58NO5S+. The second kappa shape index (κ2) is 23.2. The summed E-state index contributed by atoms with van der Waals surface area (Å²) in [7, 11) is -3.92. The molecule has 0 unspecified atom stereocenters. The molecule has 7 heteroatoms. The van der Waals surface area contributed by atoms with Crippen LogP contribution >= 0.6 is 0 Å². The number of rotatable bonds is 27. The van der Waals surface area contributed by atoms with Gasteiger partial charge in [-0.15, -0.1) is 0 Å². The van der Waals surface area contributed by atoms with Gasteiger partial charge in [0.05, 0.1) is 45.2 Å². The third kappa shape index (κ3) is 22.3. The maximum Gasteiger partial charge on any atom is 0.265 e. The Morgan fingerprint density at radius 3 is 1.47 bits per heavy atom. The van der Waals surface area contributed by atoms with Gasteiger partial charge in [0.2, 0.25) is 0 Å². The molecule has 0 aliphatic carbocycles. The molecule has 0 rings (SSSR count). The molecule has 0 fully saturated rings. The molecule has 206 valence electrons. The normalized spacial score (nSPS) is 12.5. The number of quaternary nitrogens is 1. The van der Waals surface area contributed by atoms with Crippen LogP contribution in [0.15, 0.2) is 0 Å². The summed E-state index contributed by atoms with van der Waals surface area (Å²) in [5.74, 6) is -0.147. The lowest BCUT2D eigenvalue weighted by molar-refractivity contribution is -0.929. The predicted octanol–water partition coefficient (Wildman–Crippen LogP) is 6.64. The third-order valence-electron chi connectivity index (χ3n) is 6.73. The molecule has 0 spiro atoms. The van der Waals surface area contributed by atoms with Crippen LogP contribution < -0.4 is 0 Å². The standard InChI is InChI=1S/C27H57NO5S/c1-4-7-10-12-14-16-19-28(21-18-27-34(29,30)31,20-17-15-13-11-8-5-2)22-24-33-26-25-32-23-9-6-3/h4-27H2,1-3H3/p+1. The molecule has 0 amide bonds. The van der Waals surface area contributed by atoms with Gasteiger partial charge in [-0.2, -0.15) is 8.42 Å². The van der Waals surface area contributed by atoms with Gasteiger partial charge in [0.15, 0.2) is 0 Å². The molecule has 0 saturated carbocycles. The smallest absolute Gasteiger partial charge is 0.265 e. The first kappa shape index (κ1) is 33.8. The molecule has 0 radical (unpaired) electrons. The molecule has 0 heterocycles. The van der Waals surface area contributed by atoms with E-state index in [1.807, 2.05) is 0 Å². The van der Waals surface area contributed by atoms with Crippen LogP contribution in [0.1, 0.15) is 117 Å². The summed E-state index contributed by atoms with van der Waals surface area (Å²) < 4.78 is 44.4. The summed E-state index contributed by atoms with van der Waals surface area (Å²) in [6.45, 7) is 13.2. The fraction of sp³-hybridized carbons (Fsp3) is 1.00. The lowest BCUT2D eigenvalue weighted by atomic mass is 10.1. The second-order valence-corrected chi connectivity index (χ2v) is 11.6. The van der Waals surface area contributed by atoms with Gasteiger partial charge in [-0.05, 0) is 32.1 Å². The van der Waals surface area contributed by atoms with Crippen LogP contribution in [0, 0.1) is 0 Å². The first-order valence-electron chi connectivity index (χ1n) is 14.3. The molecule has 0 bridgehead atoms. The van der Waals surface area contributed by atoms with Crippen LogP contribution in [0.25, 0.3) is 0 Å². The first-order valence-corrected chi connectivity index (χ1v) is 16.0. The van der Waals surface area contributed by atoms with Crippen LogP contribution in [0.3, 0.4) is 0 Å². The van der Waals surface area contributed by atoms with Crippen molar-refractivity contribution >= 4 is 10.1 Å². The fourth-order valence-corrected chi connectivity index (χ4v) is 5.03. The molecule has 6 nitrogen and oxygen atoms in total. The Kier molecular flexibility index (Phi) is 23.1. The van der Waals surface area contributed by atoms with E-state index in [0.29, 0.717) is 26.2 Å². The average molecular weight is 509 g/mol. The largest absolute Gasteiger partial charge is 0.379 e. The van der Waals surface area contributed by atoms with Crippen molar-refractivity contribution in [3.05, 3.63) is 0 Å². The Morgan fingerprint density at radius 2 is 0.971 bits per heavy atom. The van der Waals surface area contributed by atoms with Crippen molar-refractivity contribution in [2.75, 3.05) is 58.4 Å². The van der Waals surface area contributed by atoms with Crippen LogP contribution in [-0.4, -0.2) is 75.8 Å². The number of unbranched alkanes of at least 4 members (excludes halogenated alkanes) is 11. The minimum atomic E-state index is -3.92. The second-order valence-electron chi connectivity index (χ2n) is 9.99. The monoisotopic (exact) mass is 508 g/mol. The van der Waals surface area contributed by atoms with E-state index in [1.165, 1.54) is 77.0 Å². The van der Waals surface area contributed by atoms with Gasteiger partial charge in [-0.25, -0.2) is 0 Å². The van der Waals surface area contributed by atoms with Crippen LogP contribution in [0.5, 0.6) is 0 Å². The van der Waals surface area contributed by atoms with E-state index in [0.717, 1.165) is 50.1 Å². The highest BCUT2D eigenvalue weighted by Crippen LogP contribution is 2.17. The highest BCUT2D eigenvalue weighted by Gasteiger charge is 2.27. The molecule has 1 N–H and O–H groups in total. The third-order valence-corrected chi connectivity index (χ3v) is 7.54.